The van der Waals surface area contributed by atoms with Crippen LogP contribution in [0.15, 0.2) is 0 Å². The second kappa shape index (κ2) is 60.0. The molecule has 0 radical (unpaired) electrons. The molecule has 0 rings (SSSR count). The Morgan fingerprint density at radius 3 is 0.864 bits per heavy atom. The van der Waals surface area contributed by atoms with E-state index in [1.807, 2.05) is 0 Å². The van der Waals surface area contributed by atoms with Gasteiger partial charge in [-0.15, -0.1) is 0 Å². The minimum absolute atomic E-state index is 0.102. The molecule has 0 bridgehead atoms. The van der Waals surface area contributed by atoms with E-state index in [1.54, 1.807) is 0 Å². The fourth-order valence-corrected chi connectivity index (χ4v) is 11.9. The first kappa shape index (κ1) is 86.1. The van der Waals surface area contributed by atoms with E-state index in [4.69, 9.17) is 37.0 Å². The monoisotopic (exact) mass is 1300 g/mol. The number of phosphoric acid groups is 2. The van der Waals surface area contributed by atoms with Gasteiger partial charge < -0.3 is 33.8 Å². The van der Waals surface area contributed by atoms with Gasteiger partial charge in [0, 0.05) is 25.7 Å². The van der Waals surface area contributed by atoms with Crippen LogP contribution in [0.4, 0.5) is 0 Å². The third-order valence-corrected chi connectivity index (χ3v) is 18.1. The second-order valence-corrected chi connectivity index (χ2v) is 29.0. The molecule has 0 fully saturated rings. The van der Waals surface area contributed by atoms with Crippen LogP contribution < -0.4 is 0 Å². The Labute approximate surface area is 537 Å². The van der Waals surface area contributed by atoms with E-state index in [1.165, 1.54) is 148 Å². The van der Waals surface area contributed by atoms with Gasteiger partial charge in [0.2, 0.25) is 0 Å². The molecule has 0 amide bonds. The van der Waals surface area contributed by atoms with E-state index < -0.39 is 97.5 Å². The fourth-order valence-electron chi connectivity index (χ4n) is 10.3. The highest BCUT2D eigenvalue weighted by Gasteiger charge is 2.30. The largest absolute Gasteiger partial charge is 0.472 e. The molecule has 88 heavy (non-hydrogen) atoms. The maximum atomic E-state index is 13.0. The molecule has 522 valence electrons. The number of hydrogen-bond donors (Lipinski definition) is 3. The Morgan fingerprint density at radius 2 is 0.580 bits per heavy atom. The number of aliphatic hydroxyl groups excluding tert-OH is 1. The summed E-state index contributed by atoms with van der Waals surface area (Å²) in [6, 6.07) is 0. The van der Waals surface area contributed by atoms with E-state index >= 15 is 0 Å². The summed E-state index contributed by atoms with van der Waals surface area (Å²) >= 11 is 0. The number of hydrogen-bond acceptors (Lipinski definition) is 15. The number of unbranched alkanes of at least 4 members (excludes halogenated alkanes) is 34. The Balaban J connectivity index is 5.20. The van der Waals surface area contributed by atoms with E-state index in [9.17, 15) is 43.2 Å². The lowest BCUT2D eigenvalue weighted by molar-refractivity contribution is -0.161. The molecule has 6 atom stereocenters. The highest BCUT2D eigenvalue weighted by atomic mass is 31.2. The topological polar surface area (TPSA) is 237 Å². The van der Waals surface area contributed by atoms with Crippen molar-refractivity contribution in [3.05, 3.63) is 0 Å². The Kier molecular flexibility index (Phi) is 58.7. The van der Waals surface area contributed by atoms with Crippen molar-refractivity contribution in [3.8, 4) is 0 Å². The molecule has 0 aromatic heterocycles. The van der Waals surface area contributed by atoms with Crippen molar-refractivity contribution in [2.45, 2.75) is 362 Å². The van der Waals surface area contributed by atoms with E-state index in [-0.39, 0.29) is 25.7 Å². The third-order valence-electron chi connectivity index (χ3n) is 16.2. The van der Waals surface area contributed by atoms with Crippen molar-refractivity contribution in [3.63, 3.8) is 0 Å². The van der Waals surface area contributed by atoms with Crippen LogP contribution >= 0.6 is 15.6 Å². The van der Waals surface area contributed by atoms with Crippen LogP contribution in [-0.4, -0.2) is 96.7 Å². The van der Waals surface area contributed by atoms with Gasteiger partial charge in [-0.05, 0) is 43.4 Å². The SMILES string of the molecule is CCCCCCCCCCC(=O)OC[C@H](COP(=O)(O)OC[C@H](O)COP(=O)(O)OC[C@@H](COC(=O)CCCCCCCCCCCCC(C)C)OC(=O)CCCCCCCCCCCCCCCCC(C)CC)OC(=O)CCCCCCCCC(C)C. The number of carbonyl (C=O) groups is 4. The Bertz CT molecular complexity index is 1730. The number of rotatable bonds is 67. The second-order valence-electron chi connectivity index (χ2n) is 26.1. The third kappa shape index (κ3) is 61.6. The quantitative estimate of drug-likeness (QED) is 0.0222. The summed E-state index contributed by atoms with van der Waals surface area (Å²) in [7, 11) is -9.89. The van der Waals surface area contributed by atoms with Crippen molar-refractivity contribution in [2.24, 2.45) is 17.8 Å². The van der Waals surface area contributed by atoms with Crippen LogP contribution in [0.5, 0.6) is 0 Å². The predicted octanol–water partition coefficient (Wildman–Crippen LogP) is 19.5. The molecule has 17 nitrogen and oxygen atoms in total. The normalized spacial score (nSPS) is 14.5. The molecule has 3 N–H and O–H groups in total. The smallest absolute Gasteiger partial charge is 0.462 e. The van der Waals surface area contributed by atoms with Crippen LogP contribution in [0.1, 0.15) is 344 Å². The van der Waals surface area contributed by atoms with Crippen LogP contribution in [-0.2, 0) is 65.4 Å². The maximum Gasteiger partial charge on any atom is 0.472 e. The van der Waals surface area contributed by atoms with Crippen molar-refractivity contribution >= 4 is 39.5 Å². The van der Waals surface area contributed by atoms with Crippen LogP contribution in [0, 0.1) is 17.8 Å². The summed E-state index contributed by atoms with van der Waals surface area (Å²) in [5, 5.41) is 10.6. The highest BCUT2D eigenvalue weighted by Crippen LogP contribution is 2.45. The molecule has 0 aliphatic heterocycles. The van der Waals surface area contributed by atoms with E-state index in [0.29, 0.717) is 31.6 Å². The molecule has 0 aromatic carbocycles. The molecule has 3 unspecified atom stereocenters. The number of ether oxygens (including phenoxy) is 4. The van der Waals surface area contributed by atoms with Gasteiger partial charge in [0.15, 0.2) is 12.2 Å². The molecular weight excluding hydrogens is 1160 g/mol. The lowest BCUT2D eigenvalue weighted by Gasteiger charge is -2.21. The number of esters is 4. The first-order chi connectivity index (χ1) is 42.3. The van der Waals surface area contributed by atoms with Crippen LogP contribution in [0.25, 0.3) is 0 Å². The average molecular weight is 1300 g/mol. The van der Waals surface area contributed by atoms with Crippen LogP contribution in [0.3, 0.4) is 0 Å². The average Bonchev–Trinajstić information content (AvgIpc) is 3.68. The zero-order chi connectivity index (χ0) is 65.2. The van der Waals surface area contributed by atoms with Gasteiger partial charge in [0.1, 0.15) is 19.3 Å². The summed E-state index contributed by atoms with van der Waals surface area (Å²) in [6.45, 7) is 11.8. The number of aliphatic hydroxyl groups is 1. The summed E-state index contributed by atoms with van der Waals surface area (Å²) in [4.78, 5) is 72.3. The number of phosphoric ester groups is 2. The summed E-state index contributed by atoms with van der Waals surface area (Å²) < 4.78 is 68.1. The Hall–Kier alpha value is -1.94. The van der Waals surface area contributed by atoms with E-state index in [2.05, 4.69) is 48.5 Å². The van der Waals surface area contributed by atoms with Gasteiger partial charge in [-0.25, -0.2) is 9.13 Å². The molecule has 0 saturated carbocycles. The summed E-state index contributed by atoms with van der Waals surface area (Å²) in [5.74, 6) is 0.140. The molecule has 0 saturated heterocycles. The van der Waals surface area contributed by atoms with Gasteiger partial charge in [-0.2, -0.15) is 0 Å². The van der Waals surface area contributed by atoms with Gasteiger partial charge >= 0.3 is 39.5 Å². The Morgan fingerprint density at radius 1 is 0.330 bits per heavy atom. The minimum atomic E-state index is -4.95. The molecular formula is C69H134O17P2. The summed E-state index contributed by atoms with van der Waals surface area (Å²) in [5.41, 5.74) is 0. The van der Waals surface area contributed by atoms with Crippen molar-refractivity contribution in [1.82, 2.24) is 0 Å². The fraction of sp³-hybridized carbons (Fsp3) is 0.942. The minimum Gasteiger partial charge on any atom is -0.462 e. The molecule has 0 aliphatic rings. The molecule has 0 heterocycles. The zero-order valence-electron chi connectivity index (χ0n) is 57.2. The lowest BCUT2D eigenvalue weighted by atomic mass is 9.99. The first-order valence-corrected chi connectivity index (χ1v) is 38.9. The number of carbonyl (C=O) groups excluding carboxylic acids is 4. The standard InChI is InChI=1S/C69H134O17P2/c1-8-10-11-12-13-28-36-43-50-66(71)79-57-65(86-69(74)53-46-39-32-31-34-41-48-61(5)6)59-84-88(77,78)82-55-63(70)54-81-87(75,76)83-58-64(56-80-67(72)51-44-37-29-24-21-20-22-26-33-40-47-60(3)4)85-68(73)52-45-38-30-25-19-17-15-14-16-18-23-27-35-42-49-62(7)9-2/h60-65,70H,8-59H2,1-7H3,(H,75,76)(H,77,78)/t62?,63-,64-,65-/m1/s1. The molecule has 0 aromatic rings. The van der Waals surface area contributed by atoms with E-state index in [0.717, 1.165) is 108 Å². The lowest BCUT2D eigenvalue weighted by Crippen LogP contribution is -2.30. The maximum absolute atomic E-state index is 13.0. The van der Waals surface area contributed by atoms with Gasteiger partial charge in [0.05, 0.1) is 26.4 Å². The molecule has 0 aliphatic carbocycles. The van der Waals surface area contributed by atoms with Gasteiger partial charge in [-0.3, -0.25) is 37.3 Å². The van der Waals surface area contributed by atoms with Crippen molar-refractivity contribution < 1.29 is 80.2 Å². The summed E-state index contributed by atoms with van der Waals surface area (Å²) in [6.07, 6.45) is 43.2. The predicted molar refractivity (Wildman–Crippen MR) is 354 cm³/mol. The van der Waals surface area contributed by atoms with Gasteiger partial charge in [-0.1, -0.05) is 292 Å². The van der Waals surface area contributed by atoms with Gasteiger partial charge in [0.25, 0.3) is 0 Å². The molecule has 0 spiro atoms. The van der Waals surface area contributed by atoms with Crippen molar-refractivity contribution in [1.29, 1.82) is 0 Å². The first-order valence-electron chi connectivity index (χ1n) is 35.9. The highest BCUT2D eigenvalue weighted by molar-refractivity contribution is 7.47. The zero-order valence-corrected chi connectivity index (χ0v) is 59.0. The molecule has 19 heteroatoms. The van der Waals surface area contributed by atoms with Crippen molar-refractivity contribution in [2.75, 3.05) is 39.6 Å². The van der Waals surface area contributed by atoms with Crippen LogP contribution in [0.2, 0.25) is 0 Å².